The highest BCUT2D eigenvalue weighted by molar-refractivity contribution is 6.00. The number of rotatable bonds is 5. The van der Waals surface area contributed by atoms with Gasteiger partial charge < -0.3 is 19.3 Å². The van der Waals surface area contributed by atoms with Crippen LogP contribution in [-0.4, -0.2) is 48.2 Å². The quantitative estimate of drug-likeness (QED) is 0.202. The van der Waals surface area contributed by atoms with Gasteiger partial charge in [0.15, 0.2) is 11.5 Å². The number of carbonyl (C=O) groups excluding carboxylic acids is 2. The van der Waals surface area contributed by atoms with E-state index in [2.05, 4.69) is 9.47 Å². The molecule has 0 aliphatic rings. The van der Waals surface area contributed by atoms with Crippen LogP contribution in [0.4, 0.5) is 11.4 Å². The van der Waals surface area contributed by atoms with E-state index in [0.29, 0.717) is 27.3 Å². The Bertz CT molecular complexity index is 1550. The van der Waals surface area contributed by atoms with Crippen LogP contribution < -0.4 is 4.74 Å². The van der Waals surface area contributed by atoms with Gasteiger partial charge in [0.2, 0.25) is 0 Å². The molecule has 0 saturated carbocycles. The second-order valence-electron chi connectivity index (χ2n) is 7.42. The van der Waals surface area contributed by atoms with Crippen molar-refractivity contribution in [1.29, 1.82) is 0 Å². The summed E-state index contributed by atoms with van der Waals surface area (Å²) >= 11 is 0. The summed E-state index contributed by atoms with van der Waals surface area (Å²) in [5, 5.41) is 33.2. The highest BCUT2D eigenvalue weighted by Gasteiger charge is 2.20. The zero-order chi connectivity index (χ0) is 27.3. The summed E-state index contributed by atoms with van der Waals surface area (Å²) in [6.45, 7) is 0. The largest absolute Gasteiger partial charge is 0.502 e. The van der Waals surface area contributed by atoms with Crippen LogP contribution in [-0.2, 0) is 9.47 Å². The van der Waals surface area contributed by atoms with E-state index in [1.165, 1.54) is 69.9 Å². The van der Waals surface area contributed by atoms with E-state index in [4.69, 9.17) is 4.74 Å². The van der Waals surface area contributed by atoms with Crippen LogP contribution in [0.15, 0.2) is 60.7 Å². The lowest BCUT2D eigenvalue weighted by molar-refractivity contribution is -0.384. The third kappa shape index (κ3) is 5.75. The van der Waals surface area contributed by atoms with Crippen molar-refractivity contribution in [2.45, 2.75) is 7.43 Å². The molecule has 0 heterocycles. The first-order valence-corrected chi connectivity index (χ1v) is 10.4. The Balaban J connectivity index is 0.000000260. The van der Waals surface area contributed by atoms with Crippen molar-refractivity contribution in [1.82, 2.24) is 0 Å². The second-order valence-corrected chi connectivity index (χ2v) is 7.42. The highest BCUT2D eigenvalue weighted by Crippen LogP contribution is 2.36. The van der Waals surface area contributed by atoms with Crippen molar-refractivity contribution in [3.05, 3.63) is 92.0 Å². The van der Waals surface area contributed by atoms with E-state index in [0.717, 1.165) is 0 Å². The number of aromatic hydroxyl groups is 1. The van der Waals surface area contributed by atoms with Gasteiger partial charge in [-0.1, -0.05) is 19.6 Å². The summed E-state index contributed by atoms with van der Waals surface area (Å²) in [7, 11) is 3.91. The van der Waals surface area contributed by atoms with Crippen LogP contribution in [0.25, 0.3) is 21.5 Å². The average molecular weight is 524 g/mol. The van der Waals surface area contributed by atoms with E-state index in [1.54, 1.807) is 12.1 Å². The van der Waals surface area contributed by atoms with Crippen molar-refractivity contribution >= 4 is 44.9 Å². The number of carbonyl (C=O) groups is 2. The van der Waals surface area contributed by atoms with Crippen molar-refractivity contribution < 1.29 is 38.8 Å². The average Bonchev–Trinajstić information content (AvgIpc) is 2.90. The number of fused-ring (bicyclic) bond motifs is 2. The Morgan fingerprint density at radius 2 is 1.16 bits per heavy atom. The fraction of sp³-hybridized carbons (Fsp3) is 0.154. The first kappa shape index (κ1) is 29.0. The first-order chi connectivity index (χ1) is 17.6. The number of nitrogens with zero attached hydrogens (tertiary/aromatic N) is 2. The molecule has 0 aliphatic heterocycles. The molecule has 0 amide bonds. The molecule has 0 bridgehead atoms. The van der Waals surface area contributed by atoms with Crippen LogP contribution >= 0.6 is 0 Å². The van der Waals surface area contributed by atoms with Crippen molar-refractivity contribution in [2.24, 2.45) is 0 Å². The summed E-state index contributed by atoms with van der Waals surface area (Å²) in [6.07, 6.45) is 0. The summed E-state index contributed by atoms with van der Waals surface area (Å²) in [6, 6.07) is 14.8. The molecule has 4 rings (SSSR count). The Morgan fingerprint density at radius 1 is 0.711 bits per heavy atom. The lowest BCUT2D eigenvalue weighted by atomic mass is 10.0. The molecule has 0 fully saturated rings. The maximum Gasteiger partial charge on any atom is 0.337 e. The predicted molar refractivity (Wildman–Crippen MR) is 139 cm³/mol. The van der Waals surface area contributed by atoms with Crippen LogP contribution in [0.2, 0.25) is 0 Å². The number of ether oxygens (including phenoxy) is 3. The molecule has 4 aromatic carbocycles. The molecular weight excluding hydrogens is 500 g/mol. The third-order valence-electron chi connectivity index (χ3n) is 5.35. The summed E-state index contributed by atoms with van der Waals surface area (Å²) in [5.74, 6) is -1.23. The van der Waals surface area contributed by atoms with Gasteiger partial charge in [0.05, 0.1) is 53.1 Å². The van der Waals surface area contributed by atoms with Crippen molar-refractivity contribution in [3.8, 4) is 11.5 Å². The second kappa shape index (κ2) is 12.1. The van der Waals surface area contributed by atoms with Gasteiger partial charge in [-0.2, -0.15) is 0 Å². The molecule has 38 heavy (non-hydrogen) atoms. The summed E-state index contributed by atoms with van der Waals surface area (Å²) < 4.78 is 14.2. The Morgan fingerprint density at radius 3 is 1.58 bits per heavy atom. The molecule has 0 aliphatic carbocycles. The topological polar surface area (TPSA) is 168 Å². The van der Waals surface area contributed by atoms with Gasteiger partial charge in [0.1, 0.15) is 0 Å². The molecule has 4 aromatic rings. The Hall–Kier alpha value is -5.26. The predicted octanol–water partition coefficient (Wildman–Crippen LogP) is 5.42. The normalized spacial score (nSPS) is 9.97. The Labute approximate surface area is 216 Å². The molecule has 1 N–H and O–H groups in total. The fourth-order valence-electron chi connectivity index (χ4n) is 3.63. The third-order valence-corrected chi connectivity index (χ3v) is 5.35. The van der Waals surface area contributed by atoms with E-state index in [9.17, 15) is 34.9 Å². The van der Waals surface area contributed by atoms with Crippen LogP contribution in [0.5, 0.6) is 11.5 Å². The SMILES string of the molecule is C.COC(=O)c1ccc2c([N+](=O)[O-])c(O)ccc2c1.COC(=O)c1ccc2c([N+](=O)[O-])c(OC)ccc2c1. The summed E-state index contributed by atoms with van der Waals surface area (Å²) in [4.78, 5) is 43.6. The maximum atomic E-state index is 11.4. The Kier molecular flexibility index (Phi) is 9.24. The maximum absolute atomic E-state index is 11.4. The molecular formula is C26H24N2O10. The lowest BCUT2D eigenvalue weighted by Gasteiger charge is -2.06. The van der Waals surface area contributed by atoms with E-state index < -0.39 is 27.5 Å². The summed E-state index contributed by atoms with van der Waals surface area (Å²) in [5.41, 5.74) is 0.153. The number of phenolic OH excluding ortho intramolecular Hbond substituents is 1. The van der Waals surface area contributed by atoms with Gasteiger partial charge in [-0.15, -0.1) is 0 Å². The number of methoxy groups -OCH3 is 3. The molecule has 0 radical (unpaired) electrons. The molecule has 0 atom stereocenters. The standard InChI is InChI=1S/C13H11NO5.C12H9NO5.CH4/c1-18-11-6-4-8-7-9(13(15)19-2)3-5-10(8)12(11)14(16)17;1-18-12(15)8-2-4-9-7(6-8)3-5-10(14)11(9)13(16)17;/h3-7H,1-2H3;2-6,14H,1H3;1H4. The molecule has 198 valence electrons. The van der Waals surface area contributed by atoms with Gasteiger partial charge in [-0.3, -0.25) is 20.2 Å². The van der Waals surface area contributed by atoms with Gasteiger partial charge >= 0.3 is 23.3 Å². The lowest BCUT2D eigenvalue weighted by Crippen LogP contribution is -2.01. The molecule has 0 aromatic heterocycles. The molecule has 12 heteroatoms. The number of esters is 2. The number of hydrogen-bond donors (Lipinski definition) is 1. The zero-order valence-electron chi connectivity index (χ0n) is 19.8. The smallest absolute Gasteiger partial charge is 0.337 e. The van der Waals surface area contributed by atoms with Gasteiger partial charge in [0.25, 0.3) is 0 Å². The number of hydrogen-bond acceptors (Lipinski definition) is 10. The van der Waals surface area contributed by atoms with Crippen molar-refractivity contribution in [2.75, 3.05) is 21.3 Å². The number of nitro benzene ring substituents is 2. The van der Waals surface area contributed by atoms with Crippen LogP contribution in [0, 0.1) is 20.2 Å². The molecule has 0 unspecified atom stereocenters. The molecule has 0 saturated heterocycles. The van der Waals surface area contributed by atoms with Gasteiger partial charge in [0, 0.05) is 0 Å². The van der Waals surface area contributed by atoms with Crippen LogP contribution in [0.1, 0.15) is 28.1 Å². The van der Waals surface area contributed by atoms with Crippen molar-refractivity contribution in [3.63, 3.8) is 0 Å². The van der Waals surface area contributed by atoms with E-state index in [1.807, 2.05) is 0 Å². The van der Waals surface area contributed by atoms with E-state index in [-0.39, 0.29) is 29.9 Å². The highest BCUT2D eigenvalue weighted by atomic mass is 16.6. The van der Waals surface area contributed by atoms with Gasteiger partial charge in [-0.25, -0.2) is 9.59 Å². The first-order valence-electron chi connectivity index (χ1n) is 10.4. The minimum absolute atomic E-state index is 0. The zero-order valence-corrected chi connectivity index (χ0v) is 19.8. The number of nitro groups is 2. The fourth-order valence-corrected chi connectivity index (χ4v) is 3.63. The minimum atomic E-state index is -0.657. The van der Waals surface area contributed by atoms with E-state index >= 15 is 0 Å². The van der Waals surface area contributed by atoms with Crippen LogP contribution in [0.3, 0.4) is 0 Å². The number of phenols is 1. The monoisotopic (exact) mass is 524 g/mol. The minimum Gasteiger partial charge on any atom is -0.502 e. The molecule has 0 spiro atoms. The van der Waals surface area contributed by atoms with Gasteiger partial charge in [-0.05, 0) is 59.3 Å². The molecule has 12 nitrogen and oxygen atoms in total. The number of benzene rings is 4.